The first-order valence-corrected chi connectivity index (χ1v) is 14.3. The molecule has 2 amide bonds. The second kappa shape index (κ2) is 12.9. The second-order valence-corrected chi connectivity index (χ2v) is 12.0. The van der Waals surface area contributed by atoms with Crippen LogP contribution in [0.4, 0.5) is 10.1 Å². The van der Waals surface area contributed by atoms with Crippen LogP contribution >= 0.6 is 0 Å². The summed E-state index contributed by atoms with van der Waals surface area (Å²) in [6, 6.07) is 17.9. The Morgan fingerprint density at radius 1 is 0.846 bits per heavy atom. The highest BCUT2D eigenvalue weighted by Crippen LogP contribution is 2.25. The van der Waals surface area contributed by atoms with Gasteiger partial charge in [0.2, 0.25) is 11.8 Å². The van der Waals surface area contributed by atoms with E-state index in [0.717, 1.165) is 33.1 Å². The molecule has 0 aliphatic carbocycles. The lowest BCUT2D eigenvalue weighted by Gasteiger charge is -2.32. The normalized spacial score (nSPS) is 12.2. The summed E-state index contributed by atoms with van der Waals surface area (Å²) in [6.45, 7) is 9.42. The molecule has 3 aromatic rings. The number of anilines is 1. The van der Waals surface area contributed by atoms with Gasteiger partial charge in [-0.15, -0.1) is 0 Å². The van der Waals surface area contributed by atoms with Gasteiger partial charge >= 0.3 is 0 Å². The van der Waals surface area contributed by atoms with Crippen LogP contribution in [0.25, 0.3) is 0 Å². The molecule has 1 N–H and O–H groups in total. The predicted molar refractivity (Wildman–Crippen MR) is 151 cm³/mol. The van der Waals surface area contributed by atoms with Gasteiger partial charge in [-0.05, 0) is 68.7 Å². The lowest BCUT2D eigenvalue weighted by molar-refractivity contribution is -0.139. The second-order valence-electron chi connectivity index (χ2n) is 10.1. The van der Waals surface area contributed by atoms with E-state index in [9.17, 15) is 22.4 Å². The molecule has 1 atom stereocenters. The zero-order valence-electron chi connectivity index (χ0n) is 23.0. The molecule has 3 rings (SSSR count). The number of sulfonamides is 1. The van der Waals surface area contributed by atoms with Crippen LogP contribution in [0.5, 0.6) is 0 Å². The van der Waals surface area contributed by atoms with E-state index < -0.39 is 34.3 Å². The molecule has 0 radical (unpaired) electrons. The summed E-state index contributed by atoms with van der Waals surface area (Å²) in [7, 11) is -4.24. The Hall–Kier alpha value is -3.72. The summed E-state index contributed by atoms with van der Waals surface area (Å²) in [5, 5.41) is 2.86. The van der Waals surface area contributed by atoms with Crippen LogP contribution in [0.1, 0.15) is 37.5 Å². The van der Waals surface area contributed by atoms with Gasteiger partial charge in [0.25, 0.3) is 10.0 Å². The molecule has 0 bridgehead atoms. The molecule has 0 saturated heterocycles. The van der Waals surface area contributed by atoms with Crippen LogP contribution in [0.3, 0.4) is 0 Å². The van der Waals surface area contributed by atoms with Crippen LogP contribution in [-0.2, 0) is 26.2 Å². The summed E-state index contributed by atoms with van der Waals surface area (Å²) >= 11 is 0. The van der Waals surface area contributed by atoms with Crippen molar-refractivity contribution in [1.29, 1.82) is 0 Å². The molecule has 0 fully saturated rings. The van der Waals surface area contributed by atoms with E-state index >= 15 is 0 Å². The van der Waals surface area contributed by atoms with Crippen molar-refractivity contribution in [2.24, 2.45) is 5.92 Å². The molecule has 0 unspecified atom stereocenters. The number of halogens is 1. The third kappa shape index (κ3) is 7.89. The minimum atomic E-state index is -4.24. The number of amides is 2. The van der Waals surface area contributed by atoms with Crippen molar-refractivity contribution in [2.75, 3.05) is 17.4 Å². The Morgan fingerprint density at radius 2 is 1.38 bits per heavy atom. The minimum absolute atomic E-state index is 0.119. The smallest absolute Gasteiger partial charge is 0.264 e. The predicted octanol–water partition coefficient (Wildman–Crippen LogP) is 4.83. The summed E-state index contributed by atoms with van der Waals surface area (Å²) in [5.74, 6) is -1.22. The maximum atomic E-state index is 13.9. The molecular weight excluding hydrogens is 517 g/mol. The van der Waals surface area contributed by atoms with Crippen molar-refractivity contribution < 1.29 is 22.4 Å². The molecule has 0 saturated carbocycles. The Balaban J connectivity index is 2.00. The van der Waals surface area contributed by atoms with Gasteiger partial charge in [-0.2, -0.15) is 0 Å². The molecule has 39 heavy (non-hydrogen) atoms. The zero-order valence-corrected chi connectivity index (χ0v) is 23.8. The van der Waals surface area contributed by atoms with Crippen molar-refractivity contribution in [2.45, 2.75) is 52.1 Å². The summed E-state index contributed by atoms with van der Waals surface area (Å²) in [4.78, 5) is 28.1. The highest BCUT2D eigenvalue weighted by Gasteiger charge is 2.32. The van der Waals surface area contributed by atoms with Crippen molar-refractivity contribution in [3.05, 3.63) is 95.3 Å². The first-order valence-electron chi connectivity index (χ1n) is 12.9. The highest BCUT2D eigenvalue weighted by atomic mass is 32.2. The molecule has 0 aromatic heterocycles. The van der Waals surface area contributed by atoms with Crippen LogP contribution in [-0.4, -0.2) is 44.3 Å². The van der Waals surface area contributed by atoms with Gasteiger partial charge in [-0.25, -0.2) is 12.8 Å². The van der Waals surface area contributed by atoms with Crippen molar-refractivity contribution in [1.82, 2.24) is 10.2 Å². The largest absolute Gasteiger partial charge is 0.354 e. The summed E-state index contributed by atoms with van der Waals surface area (Å²) < 4.78 is 42.0. The number of nitrogens with one attached hydrogen (secondary N) is 1. The van der Waals surface area contributed by atoms with Gasteiger partial charge in [0.15, 0.2) is 0 Å². The van der Waals surface area contributed by atoms with Gasteiger partial charge in [0, 0.05) is 13.1 Å². The summed E-state index contributed by atoms with van der Waals surface area (Å²) in [6.07, 6.45) is 0. The zero-order chi connectivity index (χ0) is 28.7. The number of carbonyl (C=O) groups excluding carboxylic acids is 2. The van der Waals surface area contributed by atoms with E-state index in [0.29, 0.717) is 6.54 Å². The average Bonchev–Trinajstić information content (AvgIpc) is 2.90. The molecule has 0 spiro atoms. The molecule has 0 aliphatic rings. The first-order chi connectivity index (χ1) is 18.4. The van der Waals surface area contributed by atoms with Crippen LogP contribution < -0.4 is 9.62 Å². The Kier molecular flexibility index (Phi) is 9.86. The van der Waals surface area contributed by atoms with Gasteiger partial charge in [0.1, 0.15) is 18.4 Å². The summed E-state index contributed by atoms with van der Waals surface area (Å²) in [5.41, 5.74) is 3.06. The van der Waals surface area contributed by atoms with Gasteiger partial charge in [0.05, 0.1) is 10.6 Å². The number of hydrogen-bond acceptors (Lipinski definition) is 4. The van der Waals surface area contributed by atoms with Crippen molar-refractivity contribution in [3.63, 3.8) is 0 Å². The monoisotopic (exact) mass is 553 g/mol. The van der Waals surface area contributed by atoms with Crippen molar-refractivity contribution >= 4 is 27.5 Å². The standard InChI is InChI=1S/C30H36FN3O4S/c1-21(2)18-32-30(36)24(5)33(19-25-10-6-22(3)7-11-25)29(35)20-34(27-14-8-23(4)9-15-27)39(37,38)28-16-12-26(31)13-17-28/h6-17,21,24H,18-20H2,1-5H3,(H,32,36)/t24-/m1/s1. The molecule has 9 heteroatoms. The lowest BCUT2D eigenvalue weighted by Crippen LogP contribution is -2.51. The van der Waals surface area contributed by atoms with E-state index in [-0.39, 0.29) is 29.0 Å². The van der Waals surface area contributed by atoms with E-state index in [4.69, 9.17) is 0 Å². The van der Waals surface area contributed by atoms with Crippen LogP contribution in [0, 0.1) is 25.6 Å². The molecule has 3 aromatic carbocycles. The minimum Gasteiger partial charge on any atom is -0.354 e. The number of carbonyl (C=O) groups is 2. The van der Waals surface area contributed by atoms with Crippen LogP contribution in [0.2, 0.25) is 0 Å². The van der Waals surface area contributed by atoms with Crippen LogP contribution in [0.15, 0.2) is 77.7 Å². The number of benzene rings is 3. The third-order valence-corrected chi connectivity index (χ3v) is 8.12. The Bertz CT molecular complexity index is 1370. The fourth-order valence-corrected chi connectivity index (χ4v) is 5.31. The molecular formula is C30H36FN3O4S. The maximum Gasteiger partial charge on any atom is 0.264 e. The van der Waals surface area contributed by atoms with E-state index in [2.05, 4.69) is 5.32 Å². The van der Waals surface area contributed by atoms with E-state index in [1.54, 1.807) is 31.2 Å². The van der Waals surface area contributed by atoms with Gasteiger partial charge in [-0.1, -0.05) is 61.4 Å². The van der Waals surface area contributed by atoms with Gasteiger partial charge in [-0.3, -0.25) is 13.9 Å². The average molecular weight is 554 g/mol. The first kappa shape index (κ1) is 29.8. The van der Waals surface area contributed by atoms with Gasteiger partial charge < -0.3 is 10.2 Å². The molecule has 7 nitrogen and oxygen atoms in total. The van der Waals surface area contributed by atoms with Crippen molar-refractivity contribution in [3.8, 4) is 0 Å². The number of rotatable bonds is 11. The SMILES string of the molecule is Cc1ccc(CN(C(=O)CN(c2ccc(C)cc2)S(=O)(=O)c2ccc(F)cc2)[C@H](C)C(=O)NCC(C)C)cc1. The lowest BCUT2D eigenvalue weighted by atomic mass is 10.1. The quantitative estimate of drug-likeness (QED) is 0.369. The Labute approximate surface area is 230 Å². The maximum absolute atomic E-state index is 13.9. The fraction of sp³-hybridized carbons (Fsp3) is 0.333. The highest BCUT2D eigenvalue weighted by molar-refractivity contribution is 7.92. The molecule has 208 valence electrons. The molecule has 0 aliphatic heterocycles. The van der Waals surface area contributed by atoms with E-state index in [1.807, 2.05) is 52.0 Å². The molecule has 0 heterocycles. The van der Waals surface area contributed by atoms with E-state index in [1.165, 1.54) is 17.0 Å². The number of aryl methyl sites for hydroxylation is 2. The Morgan fingerprint density at radius 3 is 1.92 bits per heavy atom. The number of hydrogen-bond donors (Lipinski definition) is 1. The fourth-order valence-electron chi connectivity index (χ4n) is 3.90. The third-order valence-electron chi connectivity index (χ3n) is 6.33. The number of nitrogens with zero attached hydrogens (tertiary/aromatic N) is 2. The topological polar surface area (TPSA) is 86.8 Å².